The van der Waals surface area contributed by atoms with Crippen LogP contribution in [0.3, 0.4) is 0 Å². The third kappa shape index (κ3) is 2.06. The zero-order valence-corrected chi connectivity index (χ0v) is 12.6. The number of nitrogen functional groups attached to an aromatic ring is 1. The number of nitrogens with two attached hydrogens (primary N) is 1. The highest BCUT2D eigenvalue weighted by molar-refractivity contribution is 7.19. The van der Waals surface area contributed by atoms with Crippen molar-refractivity contribution in [3.63, 3.8) is 0 Å². The van der Waals surface area contributed by atoms with Gasteiger partial charge < -0.3 is 5.73 Å². The van der Waals surface area contributed by atoms with Crippen molar-refractivity contribution in [1.29, 1.82) is 0 Å². The number of hydrogen-bond acceptors (Lipinski definition) is 6. The lowest BCUT2D eigenvalue weighted by atomic mass is 9.97. The maximum absolute atomic E-state index is 6.21. The van der Waals surface area contributed by atoms with Gasteiger partial charge in [0, 0.05) is 11.1 Å². The monoisotopic (exact) mass is 297 g/mol. The van der Waals surface area contributed by atoms with Crippen LogP contribution in [0, 0.1) is 6.92 Å². The minimum atomic E-state index is 0.575. The predicted octanol–water partition coefficient (Wildman–Crippen LogP) is 2.92. The summed E-state index contributed by atoms with van der Waals surface area (Å²) >= 11 is 1.75. The second kappa shape index (κ2) is 4.73. The fourth-order valence-corrected chi connectivity index (χ4v) is 4.15. The summed E-state index contributed by atoms with van der Waals surface area (Å²) in [7, 11) is 0. The standard InChI is InChI=1S/C15H15N5S/c1-8-17-7-6-10(18-8)14-19-13(16)12-9-4-2-3-5-11(9)21-15(12)20-14/h6-7H,2-5H2,1H3,(H2,16,19,20). The number of thiophene rings is 1. The molecule has 0 saturated carbocycles. The highest BCUT2D eigenvalue weighted by Gasteiger charge is 2.20. The second-order valence-electron chi connectivity index (χ2n) is 5.31. The number of rotatable bonds is 1. The molecule has 21 heavy (non-hydrogen) atoms. The Labute approximate surface area is 126 Å². The molecule has 0 spiro atoms. The minimum absolute atomic E-state index is 0.575. The van der Waals surface area contributed by atoms with E-state index in [2.05, 4.69) is 19.9 Å². The Morgan fingerprint density at radius 2 is 2.00 bits per heavy atom. The molecule has 0 fully saturated rings. The van der Waals surface area contributed by atoms with Crippen LogP contribution >= 0.6 is 11.3 Å². The number of fused-ring (bicyclic) bond motifs is 3. The summed E-state index contributed by atoms with van der Waals surface area (Å²) in [6, 6.07) is 1.82. The Kier molecular flexibility index (Phi) is 2.85. The lowest BCUT2D eigenvalue weighted by molar-refractivity contribution is 0.700. The van der Waals surface area contributed by atoms with Gasteiger partial charge in [0.2, 0.25) is 0 Å². The van der Waals surface area contributed by atoms with Crippen LogP contribution in [-0.4, -0.2) is 19.9 Å². The topological polar surface area (TPSA) is 77.6 Å². The molecule has 6 heteroatoms. The van der Waals surface area contributed by atoms with E-state index in [1.807, 2.05) is 13.0 Å². The first-order valence-corrected chi connectivity index (χ1v) is 7.92. The van der Waals surface area contributed by atoms with Crippen LogP contribution in [0.15, 0.2) is 12.3 Å². The van der Waals surface area contributed by atoms with Crippen molar-refractivity contribution in [1.82, 2.24) is 19.9 Å². The number of anilines is 1. The molecule has 0 saturated heterocycles. The summed E-state index contributed by atoms with van der Waals surface area (Å²) in [5.41, 5.74) is 8.30. The summed E-state index contributed by atoms with van der Waals surface area (Å²) in [6.07, 6.45) is 6.43. The molecule has 0 bridgehead atoms. The van der Waals surface area contributed by atoms with Crippen molar-refractivity contribution in [3.8, 4) is 11.5 Å². The number of hydrogen-bond donors (Lipinski definition) is 1. The fourth-order valence-electron chi connectivity index (χ4n) is 2.88. The van der Waals surface area contributed by atoms with Gasteiger partial charge >= 0.3 is 0 Å². The van der Waals surface area contributed by atoms with Crippen LogP contribution in [0.4, 0.5) is 5.82 Å². The molecule has 2 N–H and O–H groups in total. The molecule has 3 heterocycles. The van der Waals surface area contributed by atoms with Gasteiger partial charge in [-0.1, -0.05) is 0 Å². The van der Waals surface area contributed by atoms with Crippen LogP contribution in [0.5, 0.6) is 0 Å². The molecule has 5 nitrogen and oxygen atoms in total. The zero-order chi connectivity index (χ0) is 14.4. The number of nitrogens with zero attached hydrogens (tertiary/aromatic N) is 4. The van der Waals surface area contributed by atoms with E-state index in [0.717, 1.165) is 28.8 Å². The van der Waals surface area contributed by atoms with Crippen LogP contribution in [0.1, 0.15) is 29.1 Å². The molecular formula is C15H15N5S. The van der Waals surface area contributed by atoms with Crippen LogP contribution in [0.25, 0.3) is 21.7 Å². The third-order valence-electron chi connectivity index (χ3n) is 3.85. The summed E-state index contributed by atoms with van der Waals surface area (Å²) in [5.74, 6) is 1.87. The first-order chi connectivity index (χ1) is 10.2. The maximum atomic E-state index is 6.21. The minimum Gasteiger partial charge on any atom is -0.383 e. The van der Waals surface area contributed by atoms with Gasteiger partial charge in [-0.05, 0) is 44.2 Å². The van der Waals surface area contributed by atoms with E-state index in [1.54, 1.807) is 17.5 Å². The summed E-state index contributed by atoms with van der Waals surface area (Å²) < 4.78 is 0. The van der Waals surface area contributed by atoms with E-state index in [4.69, 9.17) is 5.73 Å². The summed E-state index contributed by atoms with van der Waals surface area (Å²) in [6.45, 7) is 1.86. The lowest BCUT2D eigenvalue weighted by Crippen LogP contribution is -2.02. The van der Waals surface area contributed by atoms with Crippen LogP contribution in [-0.2, 0) is 12.8 Å². The van der Waals surface area contributed by atoms with E-state index >= 15 is 0 Å². The molecule has 0 unspecified atom stereocenters. The van der Waals surface area contributed by atoms with Gasteiger partial charge in [0.1, 0.15) is 22.2 Å². The predicted molar refractivity (Wildman–Crippen MR) is 84.2 cm³/mol. The Balaban J connectivity index is 1.93. The molecule has 3 aromatic rings. The normalized spacial score (nSPS) is 14.3. The van der Waals surface area contributed by atoms with Gasteiger partial charge in [-0.2, -0.15) is 0 Å². The Morgan fingerprint density at radius 1 is 1.14 bits per heavy atom. The summed E-state index contributed by atoms with van der Waals surface area (Å²) in [4.78, 5) is 20.1. The zero-order valence-electron chi connectivity index (χ0n) is 11.8. The first-order valence-electron chi connectivity index (χ1n) is 7.10. The molecule has 1 aliphatic carbocycles. The quantitative estimate of drug-likeness (QED) is 0.747. The van der Waals surface area contributed by atoms with Crippen molar-refractivity contribution in [2.45, 2.75) is 32.6 Å². The molecule has 0 amide bonds. The molecular weight excluding hydrogens is 282 g/mol. The lowest BCUT2D eigenvalue weighted by Gasteiger charge is -2.10. The molecule has 0 radical (unpaired) electrons. The van der Waals surface area contributed by atoms with Crippen molar-refractivity contribution in [2.75, 3.05) is 5.73 Å². The van der Waals surface area contributed by atoms with E-state index < -0.39 is 0 Å². The van der Waals surface area contributed by atoms with E-state index in [1.165, 1.54) is 23.3 Å². The van der Waals surface area contributed by atoms with Gasteiger partial charge in [-0.15, -0.1) is 11.3 Å². The van der Waals surface area contributed by atoms with E-state index in [9.17, 15) is 0 Å². The Bertz CT molecular complexity index is 839. The van der Waals surface area contributed by atoms with Crippen molar-refractivity contribution in [3.05, 3.63) is 28.5 Å². The van der Waals surface area contributed by atoms with Crippen molar-refractivity contribution in [2.24, 2.45) is 0 Å². The SMILES string of the molecule is Cc1nccc(-c2nc(N)c3c4c(sc3n2)CCCC4)n1. The fraction of sp³-hybridized carbons (Fsp3) is 0.333. The van der Waals surface area contributed by atoms with Crippen LogP contribution in [0.2, 0.25) is 0 Å². The third-order valence-corrected chi connectivity index (χ3v) is 5.03. The van der Waals surface area contributed by atoms with E-state index in [-0.39, 0.29) is 0 Å². The molecule has 3 aromatic heterocycles. The maximum Gasteiger partial charge on any atom is 0.181 e. The van der Waals surface area contributed by atoms with Crippen molar-refractivity contribution < 1.29 is 0 Å². The molecule has 1 aliphatic rings. The van der Waals surface area contributed by atoms with Gasteiger partial charge in [0.15, 0.2) is 5.82 Å². The largest absolute Gasteiger partial charge is 0.383 e. The average Bonchev–Trinajstić information content (AvgIpc) is 2.86. The molecule has 0 atom stereocenters. The number of aromatic nitrogens is 4. The molecule has 0 aliphatic heterocycles. The van der Waals surface area contributed by atoms with Crippen molar-refractivity contribution >= 4 is 27.4 Å². The van der Waals surface area contributed by atoms with Gasteiger partial charge in [0.25, 0.3) is 0 Å². The smallest absolute Gasteiger partial charge is 0.181 e. The average molecular weight is 297 g/mol. The highest BCUT2D eigenvalue weighted by atomic mass is 32.1. The molecule has 0 aromatic carbocycles. The van der Waals surface area contributed by atoms with Crippen LogP contribution < -0.4 is 5.73 Å². The highest BCUT2D eigenvalue weighted by Crippen LogP contribution is 2.38. The van der Waals surface area contributed by atoms with Gasteiger partial charge in [0.05, 0.1) is 5.39 Å². The first kappa shape index (κ1) is 12.6. The molecule has 4 rings (SSSR count). The second-order valence-corrected chi connectivity index (χ2v) is 6.40. The van der Waals surface area contributed by atoms with E-state index in [0.29, 0.717) is 17.5 Å². The molecule has 106 valence electrons. The van der Waals surface area contributed by atoms with Gasteiger partial charge in [-0.25, -0.2) is 19.9 Å². The van der Waals surface area contributed by atoms with Gasteiger partial charge in [-0.3, -0.25) is 0 Å². The Morgan fingerprint density at radius 3 is 2.86 bits per heavy atom. The Hall–Kier alpha value is -2.08. The number of aryl methyl sites for hydroxylation is 3. The summed E-state index contributed by atoms with van der Waals surface area (Å²) in [5, 5.41) is 1.06.